The van der Waals surface area contributed by atoms with Gasteiger partial charge in [0.15, 0.2) is 12.6 Å². The molecule has 2 aliphatic heterocycles. The van der Waals surface area contributed by atoms with E-state index in [1.165, 1.54) is 257 Å². The average Bonchev–Trinajstić information content (AvgIpc) is 3.67. The molecule has 486 valence electrons. The Kier molecular flexibility index (Phi) is 50.5. The fourth-order valence-corrected chi connectivity index (χ4v) is 11.9. The highest BCUT2D eigenvalue weighted by Gasteiger charge is 2.51. The van der Waals surface area contributed by atoms with Gasteiger partial charge in [0.05, 0.1) is 32.0 Å². The zero-order valence-electron chi connectivity index (χ0n) is 52.8. The highest BCUT2D eigenvalue weighted by molar-refractivity contribution is 5.76. The number of hydrogen-bond donors (Lipinski definition) is 9. The first-order chi connectivity index (χ1) is 40.1. The summed E-state index contributed by atoms with van der Waals surface area (Å²) in [4.78, 5) is 13.3. The molecule has 0 spiro atoms. The van der Waals surface area contributed by atoms with Gasteiger partial charge in [0, 0.05) is 6.42 Å². The molecular formula is C68H131NO13. The van der Waals surface area contributed by atoms with E-state index in [-0.39, 0.29) is 18.9 Å². The van der Waals surface area contributed by atoms with Crippen LogP contribution >= 0.6 is 0 Å². The lowest BCUT2D eigenvalue weighted by Gasteiger charge is -2.46. The highest BCUT2D eigenvalue weighted by Crippen LogP contribution is 2.30. The molecule has 0 aromatic carbocycles. The van der Waals surface area contributed by atoms with Crippen LogP contribution in [0.1, 0.15) is 322 Å². The Morgan fingerprint density at radius 3 is 1.12 bits per heavy atom. The van der Waals surface area contributed by atoms with Crippen molar-refractivity contribution >= 4 is 5.91 Å². The molecule has 82 heavy (non-hydrogen) atoms. The van der Waals surface area contributed by atoms with E-state index in [9.17, 15) is 45.6 Å². The molecule has 9 N–H and O–H groups in total. The second-order valence-corrected chi connectivity index (χ2v) is 25.0. The van der Waals surface area contributed by atoms with Crippen molar-refractivity contribution in [3.8, 4) is 0 Å². The van der Waals surface area contributed by atoms with Gasteiger partial charge in [0.2, 0.25) is 5.91 Å². The van der Waals surface area contributed by atoms with E-state index >= 15 is 0 Å². The van der Waals surface area contributed by atoms with Crippen molar-refractivity contribution in [1.82, 2.24) is 5.32 Å². The summed E-state index contributed by atoms with van der Waals surface area (Å²) in [5, 5.41) is 87.4. The summed E-state index contributed by atoms with van der Waals surface area (Å²) in [5.74, 6) is -0.231. The number of hydrogen-bond acceptors (Lipinski definition) is 13. The van der Waals surface area contributed by atoms with Crippen molar-refractivity contribution in [2.24, 2.45) is 0 Å². The SMILES string of the molecule is CCCCCCCCCCCCCCCCCCCCC/C=C/C(O)C(COC1OC(CO)C(OC2OC(CO)C(O)C(O)C2O)C(O)C1O)NC(=O)CCCCCCCCCCCCCCCCCCCCCCCCCCCCC. The Bertz CT molecular complexity index is 1420. The molecule has 0 saturated carbocycles. The maximum Gasteiger partial charge on any atom is 0.220 e. The second-order valence-electron chi connectivity index (χ2n) is 25.0. The number of allylic oxidation sites excluding steroid dienone is 1. The van der Waals surface area contributed by atoms with Crippen LogP contribution in [0, 0.1) is 0 Å². The Morgan fingerprint density at radius 1 is 0.427 bits per heavy atom. The average molecular weight is 1170 g/mol. The lowest BCUT2D eigenvalue weighted by Crippen LogP contribution is -2.65. The van der Waals surface area contributed by atoms with E-state index < -0.39 is 86.8 Å². The minimum absolute atomic E-state index is 0.231. The van der Waals surface area contributed by atoms with Gasteiger partial charge in [0.1, 0.15) is 48.8 Å². The Balaban J connectivity index is 1.68. The van der Waals surface area contributed by atoms with E-state index in [1.807, 2.05) is 6.08 Å². The largest absolute Gasteiger partial charge is 0.394 e. The van der Waals surface area contributed by atoms with Crippen LogP contribution in [0.4, 0.5) is 0 Å². The summed E-state index contributed by atoms with van der Waals surface area (Å²) in [6.45, 7) is 2.86. The van der Waals surface area contributed by atoms with Crippen molar-refractivity contribution in [2.75, 3.05) is 19.8 Å². The Hall–Kier alpha value is -1.27. The molecule has 14 heteroatoms. The van der Waals surface area contributed by atoms with Crippen LogP contribution < -0.4 is 5.32 Å². The first kappa shape index (κ1) is 76.8. The van der Waals surface area contributed by atoms with E-state index in [1.54, 1.807) is 6.08 Å². The minimum Gasteiger partial charge on any atom is -0.394 e. The van der Waals surface area contributed by atoms with Gasteiger partial charge in [-0.15, -0.1) is 0 Å². The monoisotopic (exact) mass is 1170 g/mol. The quantitative estimate of drug-likeness (QED) is 0.0204. The van der Waals surface area contributed by atoms with Crippen molar-refractivity contribution in [3.63, 3.8) is 0 Å². The second kappa shape index (κ2) is 53.9. The summed E-state index contributed by atoms with van der Waals surface area (Å²) < 4.78 is 22.9. The number of carbonyl (C=O) groups excluding carboxylic acids is 1. The van der Waals surface area contributed by atoms with Gasteiger partial charge >= 0.3 is 0 Å². The molecule has 2 fully saturated rings. The molecule has 0 aliphatic carbocycles. The summed E-state index contributed by atoms with van der Waals surface area (Å²) in [6, 6.07) is -0.911. The van der Waals surface area contributed by atoms with Crippen LogP contribution in [-0.2, 0) is 23.7 Å². The van der Waals surface area contributed by atoms with Gasteiger partial charge in [-0.1, -0.05) is 309 Å². The fraction of sp³-hybridized carbons (Fsp3) is 0.956. The molecule has 2 rings (SSSR count). The molecule has 0 radical (unpaired) electrons. The first-order valence-electron chi connectivity index (χ1n) is 34.9. The molecule has 0 bridgehead atoms. The van der Waals surface area contributed by atoms with E-state index in [2.05, 4.69) is 19.2 Å². The number of aliphatic hydroxyl groups is 8. The predicted molar refractivity (Wildman–Crippen MR) is 332 cm³/mol. The lowest BCUT2D eigenvalue weighted by molar-refractivity contribution is -0.359. The number of ether oxygens (including phenoxy) is 4. The van der Waals surface area contributed by atoms with Gasteiger partial charge in [-0.25, -0.2) is 0 Å². The molecule has 12 unspecified atom stereocenters. The van der Waals surface area contributed by atoms with Gasteiger partial charge in [-0.05, 0) is 19.3 Å². The number of amides is 1. The molecule has 2 saturated heterocycles. The number of unbranched alkanes of at least 4 members (excludes halogenated alkanes) is 45. The maximum atomic E-state index is 13.3. The zero-order chi connectivity index (χ0) is 59.5. The third-order valence-corrected chi connectivity index (χ3v) is 17.5. The topological polar surface area (TPSA) is 228 Å². The molecule has 14 nitrogen and oxygen atoms in total. The molecule has 12 atom stereocenters. The van der Waals surface area contributed by atoms with Gasteiger partial charge in [0.25, 0.3) is 0 Å². The lowest BCUT2D eigenvalue weighted by atomic mass is 9.97. The summed E-state index contributed by atoms with van der Waals surface area (Å²) in [6.07, 6.45) is 48.4. The number of nitrogens with one attached hydrogen (secondary N) is 1. The van der Waals surface area contributed by atoms with Crippen molar-refractivity contribution in [3.05, 3.63) is 12.2 Å². The zero-order valence-corrected chi connectivity index (χ0v) is 52.8. The molecule has 0 aromatic rings. The number of rotatable bonds is 58. The molecule has 2 aliphatic rings. The standard InChI is InChI=1S/C68H131NO13/c1-3-5-7-9-11-13-15-17-19-21-23-25-26-27-28-29-30-32-34-36-38-40-42-44-46-48-50-52-60(73)69-56(57(72)51-49-47-45-43-41-39-37-35-33-31-24-22-20-18-16-14-12-10-8-6-4-2)55-79-67-65(78)63(76)66(59(54-71)81-67)82-68-64(77)62(75)61(74)58(53-70)80-68/h49,51,56-59,61-68,70-72,74-78H,3-48,50,52-55H2,1-2H3,(H,69,73)/b51-49+. The maximum absolute atomic E-state index is 13.3. The Labute approximate surface area is 501 Å². The number of carbonyl (C=O) groups is 1. The minimum atomic E-state index is -1.79. The first-order valence-corrected chi connectivity index (χ1v) is 34.9. The van der Waals surface area contributed by atoms with E-state index in [0.29, 0.717) is 0 Å². The van der Waals surface area contributed by atoms with Crippen LogP contribution in [-0.4, -0.2) is 140 Å². The highest BCUT2D eigenvalue weighted by atomic mass is 16.7. The van der Waals surface area contributed by atoms with Crippen LogP contribution in [0.2, 0.25) is 0 Å². The Morgan fingerprint density at radius 2 is 0.756 bits per heavy atom. The van der Waals surface area contributed by atoms with Gasteiger partial charge < -0.3 is 65.1 Å². The van der Waals surface area contributed by atoms with Crippen molar-refractivity contribution < 1.29 is 64.6 Å². The van der Waals surface area contributed by atoms with Gasteiger partial charge in [-0.3, -0.25) is 4.79 Å². The fourth-order valence-electron chi connectivity index (χ4n) is 11.9. The van der Waals surface area contributed by atoms with Crippen LogP contribution in [0.15, 0.2) is 12.2 Å². The summed E-state index contributed by atoms with van der Waals surface area (Å²) >= 11 is 0. The molecule has 2 heterocycles. The molecular weight excluding hydrogens is 1040 g/mol. The summed E-state index contributed by atoms with van der Waals surface area (Å²) in [7, 11) is 0. The third-order valence-electron chi connectivity index (χ3n) is 17.5. The van der Waals surface area contributed by atoms with Crippen molar-refractivity contribution in [1.29, 1.82) is 0 Å². The smallest absolute Gasteiger partial charge is 0.220 e. The molecule has 1 amide bonds. The summed E-state index contributed by atoms with van der Waals surface area (Å²) in [5.41, 5.74) is 0. The van der Waals surface area contributed by atoms with Crippen LogP contribution in [0.5, 0.6) is 0 Å². The van der Waals surface area contributed by atoms with Crippen molar-refractivity contribution in [2.45, 2.75) is 396 Å². The number of aliphatic hydroxyl groups excluding tert-OH is 8. The van der Waals surface area contributed by atoms with E-state index in [4.69, 9.17) is 18.9 Å². The van der Waals surface area contributed by atoms with Crippen LogP contribution in [0.25, 0.3) is 0 Å². The van der Waals surface area contributed by atoms with E-state index in [0.717, 1.165) is 44.9 Å². The predicted octanol–water partition coefficient (Wildman–Crippen LogP) is 13.8. The molecule has 0 aromatic heterocycles. The normalized spacial score (nSPS) is 23.9. The third kappa shape index (κ3) is 38.1. The van der Waals surface area contributed by atoms with Crippen LogP contribution in [0.3, 0.4) is 0 Å². The van der Waals surface area contributed by atoms with Gasteiger partial charge in [-0.2, -0.15) is 0 Å².